The maximum Gasteiger partial charge on any atom is 0.222 e. The van der Waals surface area contributed by atoms with Crippen LogP contribution in [0.2, 0.25) is 0 Å². The molecule has 2 aromatic rings. The number of ketones is 1. The maximum atomic E-state index is 12.3. The molecule has 5 heteroatoms. The number of aliphatic hydroxyl groups excluding tert-OH is 1. The highest BCUT2D eigenvalue weighted by Crippen LogP contribution is 2.20. The monoisotopic (exact) mass is 355 g/mol. The summed E-state index contributed by atoms with van der Waals surface area (Å²) in [6.07, 6.45) is -0.540. The standard InChI is InChI=1S/C21H25NO4/c1-15-7-9-16(10-8-15)19(23)11-12-21(25)22(2)14-20(24)17-5-4-6-18(13-17)26-3/h4-10,13,20,24H,11-12,14H2,1-3H3. The van der Waals surface area contributed by atoms with Gasteiger partial charge in [-0.2, -0.15) is 0 Å². The van der Waals surface area contributed by atoms with Crippen LogP contribution in [0, 0.1) is 6.92 Å². The van der Waals surface area contributed by atoms with Gasteiger partial charge in [-0.05, 0) is 24.6 Å². The van der Waals surface area contributed by atoms with E-state index in [9.17, 15) is 14.7 Å². The van der Waals surface area contributed by atoms with Gasteiger partial charge in [-0.15, -0.1) is 0 Å². The van der Waals surface area contributed by atoms with Crippen molar-refractivity contribution in [2.45, 2.75) is 25.9 Å². The van der Waals surface area contributed by atoms with Gasteiger partial charge in [-0.25, -0.2) is 0 Å². The number of carbonyl (C=O) groups excluding carboxylic acids is 2. The molecule has 0 spiro atoms. The number of nitrogens with zero attached hydrogens (tertiary/aromatic N) is 1. The molecule has 2 aromatic carbocycles. The van der Waals surface area contributed by atoms with E-state index in [0.29, 0.717) is 16.9 Å². The number of rotatable bonds is 8. The Morgan fingerprint density at radius 1 is 1.12 bits per heavy atom. The van der Waals surface area contributed by atoms with Crippen molar-refractivity contribution in [2.24, 2.45) is 0 Å². The fraction of sp³-hybridized carbons (Fsp3) is 0.333. The Hall–Kier alpha value is -2.66. The Balaban J connectivity index is 1.86. The number of aliphatic hydroxyl groups is 1. The molecule has 0 aliphatic carbocycles. The van der Waals surface area contributed by atoms with E-state index in [-0.39, 0.29) is 31.1 Å². The van der Waals surface area contributed by atoms with Gasteiger partial charge in [0.1, 0.15) is 5.75 Å². The summed E-state index contributed by atoms with van der Waals surface area (Å²) in [5, 5.41) is 10.3. The molecule has 138 valence electrons. The van der Waals surface area contributed by atoms with Gasteiger partial charge in [-0.1, -0.05) is 42.0 Å². The first-order valence-electron chi connectivity index (χ1n) is 8.56. The second-order valence-electron chi connectivity index (χ2n) is 6.36. The molecule has 0 fully saturated rings. The van der Waals surface area contributed by atoms with Gasteiger partial charge in [-0.3, -0.25) is 9.59 Å². The van der Waals surface area contributed by atoms with Crippen LogP contribution in [-0.2, 0) is 4.79 Å². The van der Waals surface area contributed by atoms with Gasteiger partial charge in [0.2, 0.25) is 5.91 Å². The molecular formula is C21H25NO4. The third kappa shape index (κ3) is 5.43. The van der Waals surface area contributed by atoms with Crippen molar-refractivity contribution in [2.75, 3.05) is 20.7 Å². The van der Waals surface area contributed by atoms with Crippen LogP contribution in [0.1, 0.15) is 40.4 Å². The van der Waals surface area contributed by atoms with Crippen LogP contribution in [0.4, 0.5) is 0 Å². The van der Waals surface area contributed by atoms with Crippen LogP contribution in [0.5, 0.6) is 5.75 Å². The predicted molar refractivity (Wildman–Crippen MR) is 100 cm³/mol. The molecule has 1 amide bonds. The fourth-order valence-electron chi connectivity index (χ4n) is 2.61. The number of methoxy groups -OCH3 is 1. The number of likely N-dealkylation sites (N-methyl/N-ethyl adjacent to an activating group) is 1. The predicted octanol–water partition coefficient (Wildman–Crippen LogP) is 3.16. The van der Waals surface area contributed by atoms with Crippen molar-refractivity contribution >= 4 is 11.7 Å². The number of aryl methyl sites for hydroxylation is 1. The average molecular weight is 355 g/mol. The highest BCUT2D eigenvalue weighted by Gasteiger charge is 2.17. The third-order valence-electron chi connectivity index (χ3n) is 4.29. The van der Waals surface area contributed by atoms with E-state index in [1.54, 1.807) is 50.6 Å². The second kappa shape index (κ2) is 9.15. The molecule has 5 nitrogen and oxygen atoms in total. The number of hydrogen-bond donors (Lipinski definition) is 1. The van der Waals surface area contributed by atoms with E-state index in [4.69, 9.17) is 4.74 Å². The lowest BCUT2D eigenvalue weighted by atomic mass is 10.0. The fourth-order valence-corrected chi connectivity index (χ4v) is 2.61. The number of carbonyl (C=O) groups is 2. The molecule has 1 N–H and O–H groups in total. The minimum absolute atomic E-state index is 0.0555. The summed E-state index contributed by atoms with van der Waals surface area (Å²) in [6.45, 7) is 2.12. The lowest BCUT2D eigenvalue weighted by Crippen LogP contribution is -2.31. The summed E-state index contributed by atoms with van der Waals surface area (Å²) in [4.78, 5) is 25.9. The minimum atomic E-state index is -0.813. The van der Waals surface area contributed by atoms with Crippen LogP contribution in [0.25, 0.3) is 0 Å². The number of ether oxygens (including phenoxy) is 1. The average Bonchev–Trinajstić information content (AvgIpc) is 2.66. The van der Waals surface area contributed by atoms with E-state index < -0.39 is 6.10 Å². The summed E-state index contributed by atoms with van der Waals surface area (Å²) >= 11 is 0. The van der Waals surface area contributed by atoms with E-state index in [1.165, 1.54) is 4.90 Å². The molecule has 0 radical (unpaired) electrons. The van der Waals surface area contributed by atoms with Crippen molar-refractivity contribution in [1.29, 1.82) is 0 Å². The zero-order valence-electron chi connectivity index (χ0n) is 15.4. The van der Waals surface area contributed by atoms with Crippen LogP contribution in [0.3, 0.4) is 0 Å². The highest BCUT2D eigenvalue weighted by atomic mass is 16.5. The van der Waals surface area contributed by atoms with E-state index in [1.807, 2.05) is 19.1 Å². The van der Waals surface area contributed by atoms with Crippen LogP contribution in [0.15, 0.2) is 48.5 Å². The van der Waals surface area contributed by atoms with Crippen molar-refractivity contribution in [3.8, 4) is 5.75 Å². The van der Waals surface area contributed by atoms with Crippen molar-refractivity contribution in [1.82, 2.24) is 4.90 Å². The smallest absolute Gasteiger partial charge is 0.222 e. The maximum absolute atomic E-state index is 12.3. The Kier molecular flexibility index (Phi) is 6.92. The summed E-state index contributed by atoms with van der Waals surface area (Å²) in [5.74, 6) is 0.423. The first kappa shape index (κ1) is 19.7. The number of hydrogen-bond acceptors (Lipinski definition) is 4. The largest absolute Gasteiger partial charge is 0.497 e. The van der Waals surface area contributed by atoms with Gasteiger partial charge in [0, 0.05) is 25.5 Å². The molecule has 0 saturated carbocycles. The molecule has 0 aromatic heterocycles. The van der Waals surface area contributed by atoms with Crippen LogP contribution >= 0.6 is 0 Å². The van der Waals surface area contributed by atoms with Gasteiger partial charge < -0.3 is 14.7 Å². The van der Waals surface area contributed by atoms with Crippen LogP contribution < -0.4 is 4.74 Å². The SMILES string of the molecule is COc1cccc(C(O)CN(C)C(=O)CCC(=O)c2ccc(C)cc2)c1. The summed E-state index contributed by atoms with van der Waals surface area (Å²) in [6, 6.07) is 14.4. The number of Topliss-reactive ketones (excluding diaryl/α,β-unsaturated/α-hetero) is 1. The molecule has 1 atom stereocenters. The zero-order valence-corrected chi connectivity index (χ0v) is 15.4. The molecule has 26 heavy (non-hydrogen) atoms. The van der Waals surface area contributed by atoms with Crippen molar-refractivity contribution in [3.05, 3.63) is 65.2 Å². The van der Waals surface area contributed by atoms with E-state index in [2.05, 4.69) is 0 Å². The van der Waals surface area contributed by atoms with Gasteiger partial charge in [0.25, 0.3) is 0 Å². The molecule has 0 bridgehead atoms. The molecule has 1 unspecified atom stereocenters. The molecule has 2 rings (SSSR count). The first-order chi connectivity index (χ1) is 12.4. The topological polar surface area (TPSA) is 66.8 Å². The zero-order chi connectivity index (χ0) is 19.1. The Bertz CT molecular complexity index is 755. The van der Waals surface area contributed by atoms with Gasteiger partial charge >= 0.3 is 0 Å². The number of amides is 1. The van der Waals surface area contributed by atoms with Crippen LogP contribution in [-0.4, -0.2) is 42.4 Å². The summed E-state index contributed by atoms with van der Waals surface area (Å²) in [5.41, 5.74) is 2.38. The highest BCUT2D eigenvalue weighted by molar-refractivity contribution is 5.97. The molecular weight excluding hydrogens is 330 g/mol. The number of benzene rings is 2. The molecule has 0 saturated heterocycles. The van der Waals surface area contributed by atoms with E-state index >= 15 is 0 Å². The third-order valence-corrected chi connectivity index (χ3v) is 4.29. The summed E-state index contributed by atoms with van der Waals surface area (Å²) in [7, 11) is 3.19. The molecule has 0 aliphatic rings. The van der Waals surface area contributed by atoms with Crippen molar-refractivity contribution < 1.29 is 19.4 Å². The van der Waals surface area contributed by atoms with E-state index in [0.717, 1.165) is 5.56 Å². The summed E-state index contributed by atoms with van der Waals surface area (Å²) < 4.78 is 5.14. The van der Waals surface area contributed by atoms with Gasteiger partial charge in [0.05, 0.1) is 19.8 Å². The minimum Gasteiger partial charge on any atom is -0.497 e. The van der Waals surface area contributed by atoms with Crippen molar-refractivity contribution in [3.63, 3.8) is 0 Å². The second-order valence-corrected chi connectivity index (χ2v) is 6.36. The lowest BCUT2D eigenvalue weighted by molar-refractivity contribution is -0.131. The van der Waals surface area contributed by atoms with Gasteiger partial charge in [0.15, 0.2) is 5.78 Å². The Morgan fingerprint density at radius 2 is 1.81 bits per heavy atom. The Labute approximate surface area is 154 Å². The first-order valence-corrected chi connectivity index (χ1v) is 8.56. The quantitative estimate of drug-likeness (QED) is 0.739. The molecule has 0 aliphatic heterocycles. The Morgan fingerprint density at radius 3 is 2.46 bits per heavy atom. The molecule has 0 heterocycles. The normalized spacial score (nSPS) is 11.7. The lowest BCUT2D eigenvalue weighted by Gasteiger charge is -2.21.